The zero-order valence-corrected chi connectivity index (χ0v) is 11.2. The molecule has 0 spiro atoms. The Labute approximate surface area is 108 Å². The summed E-state index contributed by atoms with van der Waals surface area (Å²) in [6.07, 6.45) is 2.85. The van der Waals surface area contributed by atoms with Gasteiger partial charge in [0.2, 0.25) is 0 Å². The Morgan fingerprint density at radius 2 is 2.17 bits per heavy atom. The van der Waals surface area contributed by atoms with Gasteiger partial charge < -0.3 is 10.0 Å². The second-order valence-corrected chi connectivity index (χ2v) is 5.24. The zero-order valence-electron chi connectivity index (χ0n) is 11.2. The number of anilines is 1. The van der Waals surface area contributed by atoms with Gasteiger partial charge >= 0.3 is 0 Å². The summed E-state index contributed by atoms with van der Waals surface area (Å²) in [6.45, 7) is 5.55. The van der Waals surface area contributed by atoms with Crippen LogP contribution in [0, 0.1) is 11.7 Å². The van der Waals surface area contributed by atoms with Crippen molar-refractivity contribution in [3.05, 3.63) is 29.6 Å². The molecule has 0 aliphatic heterocycles. The van der Waals surface area contributed by atoms with Crippen LogP contribution < -0.4 is 4.90 Å². The molecule has 18 heavy (non-hydrogen) atoms. The van der Waals surface area contributed by atoms with Crippen LogP contribution in [0.15, 0.2) is 18.2 Å². The molecule has 1 saturated carbocycles. The molecular weight excluding hydrogens is 229 g/mol. The number of rotatable bonds is 6. The van der Waals surface area contributed by atoms with Gasteiger partial charge in [-0.05, 0) is 38.2 Å². The summed E-state index contributed by atoms with van der Waals surface area (Å²) in [5.74, 6) is 0.487. The highest BCUT2D eigenvalue weighted by molar-refractivity contribution is 5.56. The van der Waals surface area contributed by atoms with Crippen LogP contribution in [0.4, 0.5) is 10.1 Å². The maximum Gasteiger partial charge on any atom is 0.146 e. The smallest absolute Gasteiger partial charge is 0.146 e. The lowest BCUT2D eigenvalue weighted by Crippen LogP contribution is -2.28. The minimum atomic E-state index is -0.630. The Bertz CT molecular complexity index is 401. The topological polar surface area (TPSA) is 23.5 Å². The molecule has 1 aromatic carbocycles. The first-order chi connectivity index (χ1) is 8.63. The summed E-state index contributed by atoms with van der Waals surface area (Å²) in [7, 11) is 0. The molecule has 1 aliphatic rings. The Morgan fingerprint density at radius 1 is 1.44 bits per heavy atom. The number of nitrogens with zero attached hydrogens (tertiary/aromatic N) is 1. The molecule has 3 heteroatoms. The predicted octanol–water partition coefficient (Wildman–Crippen LogP) is 3.51. The van der Waals surface area contributed by atoms with E-state index in [1.165, 1.54) is 18.9 Å². The molecule has 1 aromatic rings. The molecule has 0 bridgehead atoms. The van der Waals surface area contributed by atoms with Crippen molar-refractivity contribution in [2.24, 2.45) is 5.92 Å². The maximum absolute atomic E-state index is 14.1. The summed E-state index contributed by atoms with van der Waals surface area (Å²) in [4.78, 5) is 2.11. The van der Waals surface area contributed by atoms with E-state index in [-0.39, 0.29) is 5.82 Å². The Kier molecular flexibility index (Phi) is 4.23. The van der Waals surface area contributed by atoms with Crippen molar-refractivity contribution in [3.63, 3.8) is 0 Å². The molecule has 1 aliphatic carbocycles. The molecule has 0 aromatic heterocycles. The number of aliphatic hydroxyl groups excluding tert-OH is 1. The lowest BCUT2D eigenvalue weighted by Gasteiger charge is -2.28. The standard InChI is InChI=1S/C15H22FNO/c1-3-9-17(10-12-7-8-12)15-13(11(2)18)5-4-6-14(15)16/h4-6,11-12,18H,3,7-10H2,1-2H3/t11-/m1/s1. The highest BCUT2D eigenvalue weighted by Crippen LogP contribution is 2.35. The molecule has 0 radical (unpaired) electrons. The largest absolute Gasteiger partial charge is 0.389 e. The lowest BCUT2D eigenvalue weighted by atomic mass is 10.1. The van der Waals surface area contributed by atoms with Crippen molar-refractivity contribution in [1.29, 1.82) is 0 Å². The molecule has 1 atom stereocenters. The summed E-state index contributed by atoms with van der Waals surface area (Å²) < 4.78 is 14.1. The SMILES string of the molecule is CCCN(CC1CC1)c1c(F)cccc1[C@@H](C)O. The van der Waals surface area contributed by atoms with E-state index in [1.807, 2.05) is 6.07 Å². The maximum atomic E-state index is 14.1. The number of halogens is 1. The molecule has 2 rings (SSSR count). The van der Waals surface area contributed by atoms with Crippen molar-refractivity contribution in [1.82, 2.24) is 0 Å². The molecule has 0 saturated heterocycles. The third kappa shape index (κ3) is 3.02. The van der Waals surface area contributed by atoms with E-state index in [4.69, 9.17) is 0 Å². The van der Waals surface area contributed by atoms with Crippen LogP contribution in [0.5, 0.6) is 0 Å². The highest BCUT2D eigenvalue weighted by Gasteiger charge is 2.27. The fourth-order valence-electron chi connectivity index (χ4n) is 2.38. The van der Waals surface area contributed by atoms with Gasteiger partial charge in [0.15, 0.2) is 0 Å². The van der Waals surface area contributed by atoms with Crippen molar-refractivity contribution in [2.45, 2.75) is 39.2 Å². The highest BCUT2D eigenvalue weighted by atomic mass is 19.1. The summed E-state index contributed by atoms with van der Waals surface area (Å²) in [6, 6.07) is 4.97. The fourth-order valence-corrected chi connectivity index (χ4v) is 2.38. The van der Waals surface area contributed by atoms with E-state index >= 15 is 0 Å². The number of aliphatic hydroxyl groups is 1. The molecule has 1 N–H and O–H groups in total. The van der Waals surface area contributed by atoms with Crippen molar-refractivity contribution < 1.29 is 9.50 Å². The van der Waals surface area contributed by atoms with Crippen molar-refractivity contribution in [2.75, 3.05) is 18.0 Å². The van der Waals surface area contributed by atoms with E-state index in [9.17, 15) is 9.50 Å². The Hall–Kier alpha value is -1.09. The van der Waals surface area contributed by atoms with E-state index in [0.29, 0.717) is 17.2 Å². The van der Waals surface area contributed by atoms with Crippen molar-refractivity contribution in [3.8, 4) is 0 Å². The van der Waals surface area contributed by atoms with Gasteiger partial charge in [0.25, 0.3) is 0 Å². The number of benzene rings is 1. The van der Waals surface area contributed by atoms with Crippen LogP contribution in [0.3, 0.4) is 0 Å². The normalized spacial score (nSPS) is 16.7. The van der Waals surface area contributed by atoms with Crippen LogP contribution in [0.1, 0.15) is 44.8 Å². The molecule has 0 unspecified atom stereocenters. The molecule has 100 valence electrons. The fraction of sp³-hybridized carbons (Fsp3) is 0.600. The van der Waals surface area contributed by atoms with Gasteiger partial charge in [-0.15, -0.1) is 0 Å². The summed E-state index contributed by atoms with van der Waals surface area (Å²) in [5, 5.41) is 9.80. The van der Waals surface area contributed by atoms with Gasteiger partial charge in [0, 0.05) is 18.7 Å². The lowest BCUT2D eigenvalue weighted by molar-refractivity contribution is 0.199. The van der Waals surface area contributed by atoms with Crippen LogP contribution >= 0.6 is 0 Å². The summed E-state index contributed by atoms with van der Waals surface area (Å²) >= 11 is 0. The molecule has 1 fully saturated rings. The predicted molar refractivity (Wildman–Crippen MR) is 72.3 cm³/mol. The van der Waals surface area contributed by atoms with Gasteiger partial charge in [-0.25, -0.2) is 4.39 Å². The zero-order chi connectivity index (χ0) is 13.1. The van der Waals surface area contributed by atoms with E-state index < -0.39 is 6.10 Å². The van der Waals surface area contributed by atoms with Gasteiger partial charge in [-0.2, -0.15) is 0 Å². The van der Waals surface area contributed by atoms with Gasteiger partial charge in [0.1, 0.15) is 5.82 Å². The average molecular weight is 251 g/mol. The van der Waals surface area contributed by atoms with Crippen LogP contribution in [0.2, 0.25) is 0 Å². The average Bonchev–Trinajstić information content (AvgIpc) is 3.12. The number of hydrogen-bond acceptors (Lipinski definition) is 2. The quantitative estimate of drug-likeness (QED) is 0.836. The Balaban J connectivity index is 2.31. The second kappa shape index (κ2) is 5.70. The molecule has 0 amide bonds. The Morgan fingerprint density at radius 3 is 2.72 bits per heavy atom. The van der Waals surface area contributed by atoms with E-state index in [1.54, 1.807) is 13.0 Å². The summed E-state index contributed by atoms with van der Waals surface area (Å²) in [5.41, 5.74) is 1.30. The van der Waals surface area contributed by atoms with E-state index in [2.05, 4.69) is 11.8 Å². The van der Waals surface area contributed by atoms with Crippen LogP contribution in [-0.2, 0) is 0 Å². The first kappa shape index (κ1) is 13.3. The molecule has 2 nitrogen and oxygen atoms in total. The first-order valence-electron chi connectivity index (χ1n) is 6.85. The third-order valence-corrected chi connectivity index (χ3v) is 3.45. The molecule has 0 heterocycles. The van der Waals surface area contributed by atoms with Crippen LogP contribution in [0.25, 0.3) is 0 Å². The van der Waals surface area contributed by atoms with Gasteiger partial charge in [0.05, 0.1) is 11.8 Å². The number of para-hydroxylation sites is 1. The minimum Gasteiger partial charge on any atom is -0.389 e. The number of hydrogen-bond donors (Lipinski definition) is 1. The van der Waals surface area contributed by atoms with E-state index in [0.717, 1.165) is 19.5 Å². The minimum absolute atomic E-state index is 0.220. The first-order valence-corrected chi connectivity index (χ1v) is 6.85. The van der Waals surface area contributed by atoms with Crippen LogP contribution in [-0.4, -0.2) is 18.2 Å². The van der Waals surface area contributed by atoms with Crippen molar-refractivity contribution >= 4 is 5.69 Å². The van der Waals surface area contributed by atoms with Gasteiger partial charge in [-0.3, -0.25) is 0 Å². The van der Waals surface area contributed by atoms with Gasteiger partial charge in [-0.1, -0.05) is 19.1 Å². The monoisotopic (exact) mass is 251 g/mol. The second-order valence-electron chi connectivity index (χ2n) is 5.24. The third-order valence-electron chi connectivity index (χ3n) is 3.45. The molecular formula is C15H22FNO.